The fourth-order valence-electron chi connectivity index (χ4n) is 2.43. The van der Waals surface area contributed by atoms with E-state index in [-0.39, 0.29) is 16.9 Å². The summed E-state index contributed by atoms with van der Waals surface area (Å²) in [5.74, 6) is -1.14. The van der Waals surface area contributed by atoms with E-state index in [1.165, 1.54) is 19.2 Å². The number of nitrogens with one attached hydrogen (secondary N) is 4. The van der Waals surface area contributed by atoms with E-state index >= 15 is 0 Å². The lowest BCUT2D eigenvalue weighted by atomic mass is 10.1. The Morgan fingerprint density at radius 2 is 1.74 bits per heavy atom. The van der Waals surface area contributed by atoms with Gasteiger partial charge in [0, 0.05) is 15.9 Å². The fraction of sp³-hybridized carbons (Fsp3) is 0.0556. The number of methoxy groups -OCH3 is 1. The van der Waals surface area contributed by atoms with Crippen molar-refractivity contribution in [2.24, 2.45) is 0 Å². The maximum Gasteiger partial charge on any atom is 0.411 e. The van der Waals surface area contributed by atoms with Crippen LogP contribution in [0.25, 0.3) is 10.9 Å². The number of H-pyrrole nitrogens is 1. The molecular formula is C18H15ClN4O4. The number of hydrazine groups is 1. The van der Waals surface area contributed by atoms with E-state index in [1.807, 2.05) is 0 Å². The monoisotopic (exact) mass is 386 g/mol. The molecular weight excluding hydrogens is 372 g/mol. The summed E-state index contributed by atoms with van der Waals surface area (Å²) in [4.78, 5) is 38.9. The third-order valence-electron chi connectivity index (χ3n) is 3.71. The number of carbonyl (C=O) groups excluding carboxylic acids is 3. The Morgan fingerprint density at radius 1 is 1.00 bits per heavy atom. The molecule has 8 nitrogen and oxygen atoms in total. The van der Waals surface area contributed by atoms with Gasteiger partial charge in [-0.05, 0) is 36.4 Å². The first-order chi connectivity index (χ1) is 13.0. The summed E-state index contributed by atoms with van der Waals surface area (Å²) in [6, 6.07) is 13.1. The highest BCUT2D eigenvalue weighted by atomic mass is 35.5. The average Bonchev–Trinajstić information content (AvgIpc) is 3.09. The Balaban J connectivity index is 1.69. The summed E-state index contributed by atoms with van der Waals surface area (Å²) in [5, 5.41) is 3.75. The van der Waals surface area contributed by atoms with Gasteiger partial charge >= 0.3 is 6.09 Å². The molecule has 27 heavy (non-hydrogen) atoms. The largest absolute Gasteiger partial charge is 0.453 e. The van der Waals surface area contributed by atoms with Gasteiger partial charge in [0.15, 0.2) is 0 Å². The van der Waals surface area contributed by atoms with Crippen molar-refractivity contribution in [2.45, 2.75) is 0 Å². The van der Waals surface area contributed by atoms with Gasteiger partial charge in [0.05, 0.1) is 18.4 Å². The van der Waals surface area contributed by atoms with Crippen molar-refractivity contribution < 1.29 is 19.1 Å². The number of benzene rings is 2. The van der Waals surface area contributed by atoms with Crippen molar-refractivity contribution in [3.05, 3.63) is 64.8 Å². The van der Waals surface area contributed by atoms with Crippen molar-refractivity contribution in [2.75, 3.05) is 12.4 Å². The molecule has 0 saturated carbocycles. The number of aromatic nitrogens is 1. The lowest BCUT2D eigenvalue weighted by Gasteiger charge is -2.11. The van der Waals surface area contributed by atoms with Crippen molar-refractivity contribution in [1.82, 2.24) is 15.8 Å². The molecule has 3 aromatic rings. The number of aromatic amines is 1. The zero-order valence-electron chi connectivity index (χ0n) is 14.1. The second-order valence-corrected chi connectivity index (χ2v) is 5.92. The smallest absolute Gasteiger partial charge is 0.411 e. The molecule has 0 aliphatic heterocycles. The lowest BCUT2D eigenvalue weighted by Crippen LogP contribution is -2.42. The van der Waals surface area contributed by atoms with Crippen LogP contribution in [0.15, 0.2) is 48.5 Å². The Kier molecular flexibility index (Phi) is 5.28. The molecule has 2 aromatic carbocycles. The highest BCUT2D eigenvalue weighted by Gasteiger charge is 2.15. The van der Waals surface area contributed by atoms with Gasteiger partial charge in [-0.2, -0.15) is 0 Å². The van der Waals surface area contributed by atoms with E-state index in [0.717, 1.165) is 10.9 Å². The van der Waals surface area contributed by atoms with Crippen LogP contribution in [0.3, 0.4) is 0 Å². The van der Waals surface area contributed by atoms with E-state index in [4.69, 9.17) is 11.6 Å². The van der Waals surface area contributed by atoms with E-state index in [2.05, 4.69) is 25.9 Å². The van der Waals surface area contributed by atoms with Gasteiger partial charge in [-0.25, -0.2) is 4.79 Å². The van der Waals surface area contributed by atoms with Gasteiger partial charge in [0.1, 0.15) is 5.69 Å². The highest BCUT2D eigenvalue weighted by Crippen LogP contribution is 2.20. The number of hydrogen-bond acceptors (Lipinski definition) is 4. The molecule has 3 amide bonds. The maximum atomic E-state index is 12.3. The van der Waals surface area contributed by atoms with Crippen LogP contribution in [0.1, 0.15) is 20.8 Å². The van der Waals surface area contributed by atoms with Gasteiger partial charge in [0.2, 0.25) is 0 Å². The molecule has 0 radical (unpaired) electrons. The summed E-state index contributed by atoms with van der Waals surface area (Å²) in [6.45, 7) is 0. The van der Waals surface area contributed by atoms with Crippen LogP contribution in [0.4, 0.5) is 10.5 Å². The quantitative estimate of drug-likeness (QED) is 0.518. The number of ether oxygens (including phenoxy) is 1. The van der Waals surface area contributed by atoms with Crippen LogP contribution in [-0.4, -0.2) is 30.0 Å². The van der Waals surface area contributed by atoms with E-state index in [0.29, 0.717) is 5.02 Å². The Morgan fingerprint density at radius 3 is 2.52 bits per heavy atom. The minimum Gasteiger partial charge on any atom is -0.453 e. The number of hydrogen-bond donors (Lipinski definition) is 4. The van der Waals surface area contributed by atoms with Crippen LogP contribution < -0.4 is 16.2 Å². The molecule has 0 spiro atoms. The fourth-order valence-corrected chi connectivity index (χ4v) is 2.61. The normalized spacial score (nSPS) is 10.3. The van der Waals surface area contributed by atoms with Crippen molar-refractivity contribution in [1.29, 1.82) is 0 Å². The molecule has 0 bridgehead atoms. The maximum absolute atomic E-state index is 12.3. The lowest BCUT2D eigenvalue weighted by molar-refractivity contribution is 0.0845. The van der Waals surface area contributed by atoms with E-state index in [9.17, 15) is 14.4 Å². The zero-order chi connectivity index (χ0) is 19.4. The first-order valence-electron chi connectivity index (χ1n) is 7.81. The first kappa shape index (κ1) is 18.3. The molecule has 0 atom stereocenters. The first-order valence-corrected chi connectivity index (χ1v) is 8.18. The summed E-state index contributed by atoms with van der Waals surface area (Å²) >= 11 is 5.93. The minimum atomic E-state index is -0.712. The Hall–Kier alpha value is -3.52. The SMILES string of the molecule is COC(=O)Nc1ccccc1C(=O)NNC(=O)c1cc2cc(Cl)ccc2[nH]1. The van der Waals surface area contributed by atoms with Crippen LogP contribution in [0, 0.1) is 0 Å². The predicted molar refractivity (Wildman–Crippen MR) is 101 cm³/mol. The van der Waals surface area contributed by atoms with Crippen LogP contribution >= 0.6 is 11.6 Å². The third kappa shape index (κ3) is 4.18. The standard InChI is InChI=1S/C18H15ClN4O4/c1-27-18(26)21-14-5-3-2-4-12(14)16(24)22-23-17(25)15-9-10-8-11(19)6-7-13(10)20-15/h2-9,20H,1H3,(H,21,26)(H,22,24)(H,23,25). The Bertz CT molecular complexity index is 1030. The highest BCUT2D eigenvalue weighted by molar-refractivity contribution is 6.31. The summed E-state index contributed by atoms with van der Waals surface area (Å²) < 4.78 is 4.52. The molecule has 0 aliphatic rings. The number of carbonyl (C=O) groups is 3. The number of halogens is 1. The van der Waals surface area contributed by atoms with Gasteiger partial charge in [-0.15, -0.1) is 0 Å². The van der Waals surface area contributed by atoms with E-state index in [1.54, 1.807) is 36.4 Å². The predicted octanol–water partition coefficient (Wildman–Crippen LogP) is 3.07. The van der Waals surface area contributed by atoms with Gasteiger partial charge in [0.25, 0.3) is 11.8 Å². The number of anilines is 1. The van der Waals surface area contributed by atoms with Crippen LogP contribution in [-0.2, 0) is 4.74 Å². The number of fused-ring (bicyclic) bond motifs is 1. The van der Waals surface area contributed by atoms with Crippen molar-refractivity contribution >= 4 is 46.1 Å². The molecule has 0 fully saturated rings. The average molecular weight is 387 g/mol. The van der Waals surface area contributed by atoms with E-state index < -0.39 is 17.9 Å². The van der Waals surface area contributed by atoms with Gasteiger partial charge in [-0.1, -0.05) is 23.7 Å². The molecule has 0 unspecified atom stereocenters. The molecule has 0 aliphatic carbocycles. The summed E-state index contributed by atoms with van der Waals surface area (Å²) in [5.41, 5.74) is 6.03. The molecule has 0 saturated heterocycles. The van der Waals surface area contributed by atoms with Crippen molar-refractivity contribution in [3.8, 4) is 0 Å². The minimum absolute atomic E-state index is 0.159. The summed E-state index contributed by atoms with van der Waals surface area (Å²) in [6.07, 6.45) is -0.712. The second-order valence-electron chi connectivity index (χ2n) is 5.48. The molecule has 3 rings (SSSR count). The third-order valence-corrected chi connectivity index (χ3v) is 3.95. The van der Waals surface area contributed by atoms with Gasteiger partial charge < -0.3 is 9.72 Å². The number of para-hydroxylation sites is 1. The van der Waals surface area contributed by atoms with Crippen LogP contribution in [0.5, 0.6) is 0 Å². The molecule has 4 N–H and O–H groups in total. The molecule has 9 heteroatoms. The topological polar surface area (TPSA) is 112 Å². The number of amides is 3. The molecule has 1 aromatic heterocycles. The zero-order valence-corrected chi connectivity index (χ0v) is 14.9. The van der Waals surface area contributed by atoms with Gasteiger partial charge in [-0.3, -0.25) is 25.8 Å². The summed E-state index contributed by atoms with van der Waals surface area (Å²) in [7, 11) is 1.21. The second kappa shape index (κ2) is 7.79. The number of rotatable bonds is 3. The van der Waals surface area contributed by atoms with Crippen molar-refractivity contribution in [3.63, 3.8) is 0 Å². The molecule has 138 valence electrons. The Labute approximate surface area is 158 Å². The van der Waals surface area contributed by atoms with Crippen LogP contribution in [0.2, 0.25) is 5.02 Å². The molecule has 1 heterocycles.